The molecular formula is C8H13F3N4. The molecule has 1 aromatic rings. The van der Waals surface area contributed by atoms with Crippen molar-refractivity contribution in [3.8, 4) is 0 Å². The van der Waals surface area contributed by atoms with Gasteiger partial charge >= 0.3 is 6.18 Å². The zero-order valence-corrected chi connectivity index (χ0v) is 8.54. The van der Waals surface area contributed by atoms with Gasteiger partial charge < -0.3 is 5.32 Å². The van der Waals surface area contributed by atoms with Crippen molar-refractivity contribution >= 4 is 0 Å². The molecule has 0 radical (unpaired) electrons. The zero-order chi connectivity index (χ0) is 11.5. The molecule has 0 aliphatic heterocycles. The second kappa shape index (κ2) is 4.61. The van der Waals surface area contributed by atoms with Crippen molar-refractivity contribution in [2.24, 2.45) is 0 Å². The second-order valence-corrected chi connectivity index (χ2v) is 3.43. The number of halogens is 3. The predicted molar refractivity (Wildman–Crippen MR) is 48.2 cm³/mol. The van der Waals surface area contributed by atoms with Gasteiger partial charge in [-0.25, -0.2) is 9.67 Å². The summed E-state index contributed by atoms with van der Waals surface area (Å²) in [5.41, 5.74) is 0. The number of nitrogens with zero attached hydrogens (tertiary/aromatic N) is 3. The Morgan fingerprint density at radius 3 is 2.67 bits per heavy atom. The summed E-state index contributed by atoms with van der Waals surface area (Å²) < 4.78 is 37.1. The maximum Gasteiger partial charge on any atom is 0.401 e. The van der Waals surface area contributed by atoms with Gasteiger partial charge in [0.1, 0.15) is 12.2 Å². The largest absolute Gasteiger partial charge is 0.401 e. The van der Waals surface area contributed by atoms with Crippen molar-refractivity contribution in [3.63, 3.8) is 0 Å². The quantitative estimate of drug-likeness (QED) is 0.839. The van der Waals surface area contributed by atoms with Crippen LogP contribution in [0.25, 0.3) is 0 Å². The average Bonchev–Trinajstić information content (AvgIpc) is 2.49. The molecule has 1 N–H and O–H groups in total. The van der Waals surface area contributed by atoms with Crippen LogP contribution in [-0.2, 0) is 6.54 Å². The van der Waals surface area contributed by atoms with Gasteiger partial charge in [0.2, 0.25) is 0 Å². The van der Waals surface area contributed by atoms with Gasteiger partial charge in [0.05, 0.1) is 13.1 Å². The third kappa shape index (κ3) is 3.86. The lowest BCUT2D eigenvalue weighted by Crippen LogP contribution is -2.29. The first-order valence-electron chi connectivity index (χ1n) is 4.56. The Bertz CT molecular complexity index is 305. The summed E-state index contributed by atoms with van der Waals surface area (Å²) in [4.78, 5) is 3.88. The fraction of sp³-hybridized carbons (Fsp3) is 0.750. The zero-order valence-electron chi connectivity index (χ0n) is 8.54. The van der Waals surface area contributed by atoms with Crippen LogP contribution in [0.2, 0.25) is 0 Å². The van der Waals surface area contributed by atoms with Gasteiger partial charge in [-0.15, -0.1) is 0 Å². The Hall–Kier alpha value is -1.11. The van der Waals surface area contributed by atoms with E-state index in [2.05, 4.69) is 15.4 Å². The fourth-order valence-corrected chi connectivity index (χ4v) is 1.15. The summed E-state index contributed by atoms with van der Waals surface area (Å²) in [6, 6.07) is 0.0928. The Morgan fingerprint density at radius 2 is 2.13 bits per heavy atom. The summed E-state index contributed by atoms with van der Waals surface area (Å²) in [5.74, 6) is 0.509. The van der Waals surface area contributed by atoms with E-state index in [9.17, 15) is 13.2 Å². The van der Waals surface area contributed by atoms with E-state index in [-0.39, 0.29) is 12.6 Å². The normalized spacial score (nSPS) is 12.4. The predicted octanol–water partition coefficient (Wildman–Crippen LogP) is 1.51. The molecule has 0 atom stereocenters. The topological polar surface area (TPSA) is 42.7 Å². The van der Waals surface area contributed by atoms with Gasteiger partial charge in [0.25, 0.3) is 0 Å². The highest BCUT2D eigenvalue weighted by Gasteiger charge is 2.26. The van der Waals surface area contributed by atoms with Crippen LogP contribution in [0.5, 0.6) is 0 Å². The van der Waals surface area contributed by atoms with Crippen molar-refractivity contribution in [2.75, 3.05) is 6.54 Å². The highest BCUT2D eigenvalue weighted by molar-refractivity contribution is 4.85. The van der Waals surface area contributed by atoms with Crippen LogP contribution >= 0.6 is 0 Å². The first-order chi connectivity index (χ1) is 6.90. The van der Waals surface area contributed by atoms with Crippen LogP contribution in [0.4, 0.5) is 13.2 Å². The minimum absolute atomic E-state index is 0.0672. The van der Waals surface area contributed by atoms with Crippen molar-refractivity contribution in [1.82, 2.24) is 20.1 Å². The molecule has 0 aromatic carbocycles. The van der Waals surface area contributed by atoms with Crippen LogP contribution in [0.1, 0.15) is 25.7 Å². The third-order valence-corrected chi connectivity index (χ3v) is 1.74. The van der Waals surface area contributed by atoms with Gasteiger partial charge in [-0.05, 0) is 13.8 Å². The van der Waals surface area contributed by atoms with E-state index in [1.807, 2.05) is 13.8 Å². The summed E-state index contributed by atoms with van der Waals surface area (Å²) in [6.45, 7) is 2.83. The highest BCUT2D eigenvalue weighted by Crippen LogP contribution is 2.12. The molecule has 0 aliphatic rings. The van der Waals surface area contributed by atoms with E-state index in [4.69, 9.17) is 0 Å². The van der Waals surface area contributed by atoms with Crippen molar-refractivity contribution < 1.29 is 13.2 Å². The Balaban J connectivity index is 2.47. The van der Waals surface area contributed by atoms with Gasteiger partial charge in [-0.3, -0.25) is 0 Å². The van der Waals surface area contributed by atoms with Crippen LogP contribution in [0, 0.1) is 0 Å². The monoisotopic (exact) mass is 222 g/mol. The molecule has 1 rings (SSSR count). The lowest BCUT2D eigenvalue weighted by molar-refractivity contribution is -0.125. The highest BCUT2D eigenvalue weighted by atomic mass is 19.4. The summed E-state index contributed by atoms with van der Waals surface area (Å²) in [7, 11) is 0. The van der Waals surface area contributed by atoms with E-state index in [0.717, 1.165) is 0 Å². The smallest absolute Gasteiger partial charge is 0.302 e. The number of nitrogens with one attached hydrogen (secondary N) is 1. The van der Waals surface area contributed by atoms with E-state index in [1.165, 1.54) is 6.33 Å². The Labute approximate surface area is 85.5 Å². The lowest BCUT2D eigenvalue weighted by atomic mass is 10.4. The van der Waals surface area contributed by atoms with Crippen molar-refractivity contribution in [1.29, 1.82) is 0 Å². The van der Waals surface area contributed by atoms with Crippen molar-refractivity contribution in [2.45, 2.75) is 32.6 Å². The van der Waals surface area contributed by atoms with E-state index in [0.29, 0.717) is 5.82 Å². The first-order valence-corrected chi connectivity index (χ1v) is 4.56. The van der Waals surface area contributed by atoms with Crippen LogP contribution in [0.15, 0.2) is 6.33 Å². The van der Waals surface area contributed by atoms with Gasteiger partial charge in [-0.1, -0.05) is 0 Å². The average molecular weight is 222 g/mol. The fourth-order valence-electron chi connectivity index (χ4n) is 1.15. The molecular weight excluding hydrogens is 209 g/mol. The minimum Gasteiger partial charge on any atom is -0.302 e. The number of hydrogen-bond donors (Lipinski definition) is 1. The lowest BCUT2D eigenvalue weighted by Gasteiger charge is -2.11. The molecule has 0 aliphatic carbocycles. The number of hydrogen-bond acceptors (Lipinski definition) is 3. The standard InChI is InChI=1S/C8H13F3N4/c1-6(2)15-7(13-5-14-15)3-12-4-8(9,10)11/h5-6,12H,3-4H2,1-2H3. The van der Waals surface area contributed by atoms with E-state index < -0.39 is 12.7 Å². The van der Waals surface area contributed by atoms with Crippen LogP contribution < -0.4 is 5.32 Å². The summed E-state index contributed by atoms with van der Waals surface area (Å²) >= 11 is 0. The van der Waals surface area contributed by atoms with Gasteiger partial charge in [0.15, 0.2) is 0 Å². The van der Waals surface area contributed by atoms with Gasteiger partial charge in [0, 0.05) is 6.04 Å². The maximum atomic E-state index is 11.8. The molecule has 0 unspecified atom stereocenters. The Kier molecular flexibility index (Phi) is 3.67. The number of alkyl halides is 3. The second-order valence-electron chi connectivity index (χ2n) is 3.43. The molecule has 0 amide bonds. The molecule has 0 spiro atoms. The molecule has 86 valence electrons. The number of rotatable bonds is 4. The number of aromatic nitrogens is 3. The van der Waals surface area contributed by atoms with E-state index in [1.54, 1.807) is 4.68 Å². The molecule has 0 saturated carbocycles. The van der Waals surface area contributed by atoms with E-state index >= 15 is 0 Å². The summed E-state index contributed by atoms with van der Waals surface area (Å²) in [5, 5.41) is 6.19. The molecule has 7 heteroatoms. The van der Waals surface area contributed by atoms with Crippen LogP contribution in [0.3, 0.4) is 0 Å². The van der Waals surface area contributed by atoms with Crippen LogP contribution in [-0.4, -0.2) is 27.5 Å². The third-order valence-electron chi connectivity index (χ3n) is 1.74. The molecule has 0 saturated heterocycles. The Morgan fingerprint density at radius 1 is 1.47 bits per heavy atom. The SMILES string of the molecule is CC(C)n1ncnc1CNCC(F)(F)F. The molecule has 1 aromatic heterocycles. The molecule has 0 bridgehead atoms. The molecule has 0 fully saturated rings. The minimum atomic E-state index is -4.19. The van der Waals surface area contributed by atoms with Crippen molar-refractivity contribution in [3.05, 3.63) is 12.2 Å². The van der Waals surface area contributed by atoms with Gasteiger partial charge in [-0.2, -0.15) is 18.3 Å². The first kappa shape index (κ1) is 12.0. The molecule has 1 heterocycles. The molecule has 4 nitrogen and oxygen atoms in total. The maximum absolute atomic E-state index is 11.8. The molecule has 15 heavy (non-hydrogen) atoms. The summed E-state index contributed by atoms with van der Waals surface area (Å²) in [6.07, 6.45) is -2.85.